The van der Waals surface area contributed by atoms with Gasteiger partial charge in [-0.05, 0) is 56.4 Å². The van der Waals surface area contributed by atoms with E-state index in [-0.39, 0.29) is 35.7 Å². The van der Waals surface area contributed by atoms with E-state index in [4.69, 9.17) is 4.74 Å². The number of hydrogen-bond donors (Lipinski definition) is 1. The third-order valence-electron chi connectivity index (χ3n) is 7.35. The van der Waals surface area contributed by atoms with Gasteiger partial charge in [0.05, 0.1) is 6.10 Å². The first-order valence-electron chi connectivity index (χ1n) is 12.9. The summed E-state index contributed by atoms with van der Waals surface area (Å²) in [4.78, 5) is 45.4. The number of amides is 2. The first kappa shape index (κ1) is 25.6. The van der Waals surface area contributed by atoms with Gasteiger partial charge in [0.2, 0.25) is 5.91 Å². The molecule has 192 valence electrons. The van der Waals surface area contributed by atoms with Gasteiger partial charge in [0.25, 0.3) is 5.91 Å². The van der Waals surface area contributed by atoms with Crippen LogP contribution in [-0.4, -0.2) is 91.0 Å². The van der Waals surface area contributed by atoms with Gasteiger partial charge in [-0.25, -0.2) is 0 Å². The fraction of sp³-hybridized carbons (Fsp3) is 0.667. The Bertz CT molecular complexity index is 931. The molecule has 4 rings (SSSR count). The number of nitrogens with zero attached hydrogens (tertiary/aromatic N) is 3. The Morgan fingerprint density at radius 3 is 2.31 bits per heavy atom. The summed E-state index contributed by atoms with van der Waals surface area (Å²) in [6.45, 7) is 15.1. The second-order valence-electron chi connectivity index (χ2n) is 11.5. The quantitative estimate of drug-likeness (QED) is 0.667. The maximum Gasteiger partial charge on any atom is 0.251 e. The molecule has 0 unspecified atom stereocenters. The molecule has 0 bridgehead atoms. The zero-order valence-corrected chi connectivity index (χ0v) is 21.8. The van der Waals surface area contributed by atoms with Crippen molar-refractivity contribution >= 4 is 23.3 Å². The molecule has 0 radical (unpaired) electrons. The molecule has 3 heterocycles. The average molecular weight is 485 g/mol. The summed E-state index contributed by atoms with van der Waals surface area (Å²) in [6, 6.07) is 6.98. The van der Waals surface area contributed by atoms with Crippen LogP contribution in [0, 0.1) is 5.41 Å². The van der Waals surface area contributed by atoms with Crippen molar-refractivity contribution in [3.05, 3.63) is 29.8 Å². The van der Waals surface area contributed by atoms with Gasteiger partial charge in [-0.1, -0.05) is 20.8 Å². The van der Waals surface area contributed by atoms with E-state index in [0.29, 0.717) is 31.0 Å². The van der Waals surface area contributed by atoms with E-state index in [1.165, 1.54) is 0 Å². The van der Waals surface area contributed by atoms with Crippen molar-refractivity contribution in [2.24, 2.45) is 5.41 Å². The molecule has 1 aromatic carbocycles. The molecule has 3 atom stereocenters. The van der Waals surface area contributed by atoms with E-state index in [2.05, 4.69) is 29.0 Å². The number of fused-ring (bicyclic) bond motifs is 1. The van der Waals surface area contributed by atoms with Crippen LogP contribution in [0.1, 0.15) is 57.8 Å². The maximum absolute atomic E-state index is 13.5. The monoisotopic (exact) mass is 484 g/mol. The van der Waals surface area contributed by atoms with Crippen LogP contribution < -0.4 is 10.2 Å². The second kappa shape index (κ2) is 10.3. The summed E-state index contributed by atoms with van der Waals surface area (Å²) in [7, 11) is 0. The van der Waals surface area contributed by atoms with Gasteiger partial charge in [-0.15, -0.1) is 0 Å². The zero-order valence-electron chi connectivity index (χ0n) is 21.8. The second-order valence-corrected chi connectivity index (χ2v) is 11.5. The van der Waals surface area contributed by atoms with Gasteiger partial charge in [0, 0.05) is 50.0 Å². The molecular weight excluding hydrogens is 444 g/mol. The Balaban J connectivity index is 1.42. The third kappa shape index (κ3) is 5.86. The SMILES string of the molecule is CC(C)N1CCN(c2ccc(C(=O)N[C@@H](CC(C)(C)C)C(=O)N3CC[C@H]4OCC(=O)[C@H]43)cc2)CC1. The van der Waals surface area contributed by atoms with E-state index in [1.807, 2.05) is 45.0 Å². The summed E-state index contributed by atoms with van der Waals surface area (Å²) in [5.74, 6) is -0.515. The number of rotatable bonds is 6. The minimum Gasteiger partial charge on any atom is -0.369 e. The van der Waals surface area contributed by atoms with Crippen molar-refractivity contribution in [3.63, 3.8) is 0 Å². The molecule has 2 amide bonds. The Morgan fingerprint density at radius 1 is 1.06 bits per heavy atom. The molecule has 3 fully saturated rings. The Morgan fingerprint density at radius 2 is 1.71 bits per heavy atom. The summed E-state index contributed by atoms with van der Waals surface area (Å²) >= 11 is 0. The van der Waals surface area contributed by atoms with Crippen LogP contribution in [-0.2, 0) is 14.3 Å². The largest absolute Gasteiger partial charge is 0.369 e. The number of hydrogen-bond acceptors (Lipinski definition) is 6. The number of carbonyl (C=O) groups excluding carboxylic acids is 3. The fourth-order valence-corrected chi connectivity index (χ4v) is 5.42. The fourth-order valence-electron chi connectivity index (χ4n) is 5.42. The summed E-state index contributed by atoms with van der Waals surface area (Å²) in [5.41, 5.74) is 1.46. The van der Waals surface area contributed by atoms with Crippen LogP contribution in [0.4, 0.5) is 5.69 Å². The highest BCUT2D eigenvalue weighted by Crippen LogP contribution is 2.30. The molecular formula is C27H40N4O4. The predicted octanol–water partition coefficient (Wildman–Crippen LogP) is 2.32. The van der Waals surface area contributed by atoms with E-state index >= 15 is 0 Å². The lowest BCUT2D eigenvalue weighted by Gasteiger charge is -2.38. The minimum absolute atomic E-state index is 0.0495. The van der Waals surface area contributed by atoms with Crippen molar-refractivity contribution in [2.45, 2.75) is 71.7 Å². The summed E-state index contributed by atoms with van der Waals surface area (Å²) < 4.78 is 5.54. The minimum atomic E-state index is -0.696. The lowest BCUT2D eigenvalue weighted by atomic mass is 9.87. The van der Waals surface area contributed by atoms with Crippen LogP contribution in [0.3, 0.4) is 0 Å². The van der Waals surface area contributed by atoms with E-state index < -0.39 is 12.1 Å². The van der Waals surface area contributed by atoms with E-state index in [0.717, 1.165) is 31.9 Å². The van der Waals surface area contributed by atoms with Crippen molar-refractivity contribution in [3.8, 4) is 0 Å². The number of likely N-dealkylation sites (tertiary alicyclic amines) is 1. The number of Topliss-reactive ketones (excluding diaryl/α,β-unsaturated/α-hetero) is 1. The van der Waals surface area contributed by atoms with Crippen LogP contribution >= 0.6 is 0 Å². The maximum atomic E-state index is 13.5. The molecule has 3 aliphatic heterocycles. The first-order valence-corrected chi connectivity index (χ1v) is 12.9. The average Bonchev–Trinajstić information content (AvgIpc) is 3.40. The van der Waals surface area contributed by atoms with Crippen molar-refractivity contribution in [1.82, 2.24) is 15.1 Å². The highest BCUT2D eigenvalue weighted by atomic mass is 16.5. The molecule has 3 aliphatic rings. The van der Waals surface area contributed by atoms with Gasteiger partial charge < -0.3 is 19.9 Å². The lowest BCUT2D eigenvalue weighted by Crippen LogP contribution is -2.53. The highest BCUT2D eigenvalue weighted by Gasteiger charge is 2.48. The molecule has 8 nitrogen and oxygen atoms in total. The predicted molar refractivity (Wildman–Crippen MR) is 136 cm³/mol. The van der Waals surface area contributed by atoms with Crippen molar-refractivity contribution in [1.29, 1.82) is 0 Å². The molecule has 1 aromatic rings. The van der Waals surface area contributed by atoms with E-state index in [1.54, 1.807) is 4.90 Å². The van der Waals surface area contributed by atoms with Gasteiger partial charge in [-0.2, -0.15) is 0 Å². The summed E-state index contributed by atoms with van der Waals surface area (Å²) in [5, 5.41) is 2.98. The van der Waals surface area contributed by atoms with Gasteiger partial charge >= 0.3 is 0 Å². The molecule has 8 heteroatoms. The number of ether oxygens (including phenoxy) is 1. The molecule has 0 aromatic heterocycles. The van der Waals surface area contributed by atoms with Crippen LogP contribution in [0.25, 0.3) is 0 Å². The molecule has 3 saturated heterocycles. The van der Waals surface area contributed by atoms with Gasteiger partial charge in [-0.3, -0.25) is 19.3 Å². The van der Waals surface area contributed by atoms with Crippen LogP contribution in [0.5, 0.6) is 0 Å². The molecule has 0 aliphatic carbocycles. The van der Waals surface area contributed by atoms with Crippen LogP contribution in [0.15, 0.2) is 24.3 Å². The van der Waals surface area contributed by atoms with Gasteiger partial charge in [0.1, 0.15) is 18.7 Å². The number of carbonyl (C=O) groups is 3. The number of piperazine rings is 1. The first-order chi connectivity index (χ1) is 16.5. The molecule has 35 heavy (non-hydrogen) atoms. The van der Waals surface area contributed by atoms with Crippen molar-refractivity contribution < 1.29 is 19.1 Å². The number of benzene rings is 1. The lowest BCUT2D eigenvalue weighted by molar-refractivity contribution is -0.138. The third-order valence-corrected chi connectivity index (χ3v) is 7.35. The highest BCUT2D eigenvalue weighted by molar-refractivity contribution is 5.99. The molecule has 0 saturated carbocycles. The Labute approximate surface area is 209 Å². The normalized spacial score (nSPS) is 24.1. The Hall–Kier alpha value is -2.45. The standard InChI is InChI=1S/C27H40N4O4/c1-18(2)29-12-14-30(15-13-29)20-8-6-19(7-9-20)25(33)28-21(16-27(3,4)5)26(34)31-11-10-23-24(31)22(32)17-35-23/h6-9,18,21,23-24H,10-17H2,1-5H3,(H,28,33)/t21-,23+,24+/m0/s1. The zero-order chi connectivity index (χ0) is 25.3. The van der Waals surface area contributed by atoms with Crippen molar-refractivity contribution in [2.75, 3.05) is 44.2 Å². The van der Waals surface area contributed by atoms with Crippen LogP contribution in [0.2, 0.25) is 0 Å². The number of nitrogens with one attached hydrogen (secondary N) is 1. The van der Waals surface area contributed by atoms with E-state index in [9.17, 15) is 14.4 Å². The molecule has 1 N–H and O–H groups in total. The smallest absolute Gasteiger partial charge is 0.251 e. The Kier molecular flexibility index (Phi) is 7.52. The number of ketones is 1. The molecule has 0 spiro atoms. The number of anilines is 1. The van der Waals surface area contributed by atoms with Gasteiger partial charge in [0.15, 0.2) is 5.78 Å². The summed E-state index contributed by atoms with van der Waals surface area (Å²) in [6.07, 6.45) is 0.927. The topological polar surface area (TPSA) is 82.2 Å².